The first-order chi connectivity index (χ1) is 10.3. The van der Waals surface area contributed by atoms with Gasteiger partial charge >= 0.3 is 0 Å². The molecule has 1 saturated carbocycles. The summed E-state index contributed by atoms with van der Waals surface area (Å²) in [6, 6.07) is 3.44. The van der Waals surface area contributed by atoms with Gasteiger partial charge in [-0.15, -0.1) is 0 Å². The molecule has 2 aliphatic heterocycles. The Morgan fingerprint density at radius 2 is 1.71 bits per heavy atom. The second-order valence-electron chi connectivity index (χ2n) is 7.43. The van der Waals surface area contributed by atoms with Gasteiger partial charge in [0.1, 0.15) is 0 Å². The number of hydrogen-bond acceptors (Lipinski definition) is 3. The summed E-state index contributed by atoms with van der Waals surface area (Å²) in [4.78, 5) is 3.02. The molecule has 3 aliphatic rings. The third-order valence-corrected chi connectivity index (χ3v) is 7.22. The lowest BCUT2D eigenvalue weighted by Crippen LogP contribution is -2.62. The van der Waals surface area contributed by atoms with Crippen LogP contribution in [-0.2, 0) is 0 Å². The second-order valence-corrected chi connectivity index (χ2v) is 8.51. The molecule has 4 unspecified atom stereocenters. The van der Waals surface area contributed by atoms with Crippen LogP contribution in [-0.4, -0.2) is 47.1 Å². The molecule has 2 heterocycles. The van der Waals surface area contributed by atoms with Gasteiger partial charge in [0.25, 0.3) is 0 Å². The number of piperidine rings is 2. The minimum absolute atomic E-state index is 0.799. The Kier molecular flexibility index (Phi) is 5.92. The van der Waals surface area contributed by atoms with Crippen molar-refractivity contribution in [3.8, 4) is 0 Å². The maximum atomic E-state index is 3.82. The van der Waals surface area contributed by atoms with Crippen molar-refractivity contribution >= 4 is 11.8 Å². The van der Waals surface area contributed by atoms with Crippen LogP contribution >= 0.6 is 11.8 Å². The Labute approximate surface area is 135 Å². The van der Waals surface area contributed by atoms with Gasteiger partial charge in [-0.05, 0) is 57.7 Å². The van der Waals surface area contributed by atoms with Crippen molar-refractivity contribution in [2.45, 2.75) is 101 Å². The third-order valence-electron chi connectivity index (χ3n) is 6.07. The molecule has 0 radical (unpaired) electrons. The Hall–Kier alpha value is 0.270. The zero-order valence-electron chi connectivity index (χ0n) is 14.0. The first kappa shape index (κ1) is 16.1. The molecule has 0 aromatic heterocycles. The van der Waals surface area contributed by atoms with Crippen molar-refractivity contribution in [2.75, 3.05) is 12.8 Å². The van der Waals surface area contributed by atoms with Crippen LogP contribution in [0.15, 0.2) is 0 Å². The van der Waals surface area contributed by atoms with E-state index < -0.39 is 0 Å². The number of rotatable bonds is 5. The molecule has 21 heavy (non-hydrogen) atoms. The van der Waals surface area contributed by atoms with Crippen molar-refractivity contribution < 1.29 is 0 Å². The average Bonchev–Trinajstić information content (AvgIpc) is 2.52. The highest BCUT2D eigenvalue weighted by Gasteiger charge is 2.43. The number of hydrogen-bond donors (Lipinski definition) is 1. The molecule has 0 aromatic rings. The van der Waals surface area contributed by atoms with E-state index in [9.17, 15) is 0 Å². The van der Waals surface area contributed by atoms with Gasteiger partial charge in [0.15, 0.2) is 0 Å². The lowest BCUT2D eigenvalue weighted by atomic mass is 9.78. The molecule has 2 bridgehead atoms. The third kappa shape index (κ3) is 3.61. The second kappa shape index (κ2) is 7.70. The van der Waals surface area contributed by atoms with Crippen LogP contribution in [0.5, 0.6) is 0 Å². The monoisotopic (exact) mass is 310 g/mol. The van der Waals surface area contributed by atoms with Crippen LogP contribution in [0.25, 0.3) is 0 Å². The smallest absolute Gasteiger partial charge is 0.0220 e. The number of nitrogens with one attached hydrogen (secondary N) is 1. The summed E-state index contributed by atoms with van der Waals surface area (Å²) in [7, 11) is 0. The fourth-order valence-corrected chi connectivity index (χ4v) is 6.16. The summed E-state index contributed by atoms with van der Waals surface area (Å²) in [6.45, 7) is 3.50. The summed E-state index contributed by atoms with van der Waals surface area (Å²) in [6.07, 6.45) is 16.7. The molecule has 2 saturated heterocycles. The first-order valence-electron chi connectivity index (χ1n) is 9.37. The molecular weight excluding hydrogens is 276 g/mol. The Balaban J connectivity index is 1.68. The molecule has 3 heteroatoms. The highest BCUT2D eigenvalue weighted by molar-refractivity contribution is 7.99. The van der Waals surface area contributed by atoms with E-state index in [2.05, 4.69) is 35.2 Å². The molecule has 1 aliphatic carbocycles. The van der Waals surface area contributed by atoms with Crippen molar-refractivity contribution in [1.29, 1.82) is 0 Å². The zero-order chi connectivity index (χ0) is 14.7. The summed E-state index contributed by atoms with van der Waals surface area (Å²) >= 11 is 2.14. The molecule has 0 aromatic carbocycles. The fourth-order valence-electron chi connectivity index (χ4n) is 5.17. The van der Waals surface area contributed by atoms with Crippen molar-refractivity contribution in [1.82, 2.24) is 10.2 Å². The lowest BCUT2D eigenvalue weighted by Gasteiger charge is -2.54. The summed E-state index contributed by atoms with van der Waals surface area (Å²) in [5, 5.41) is 4.72. The largest absolute Gasteiger partial charge is 0.314 e. The molecule has 2 nitrogen and oxygen atoms in total. The van der Waals surface area contributed by atoms with E-state index in [-0.39, 0.29) is 0 Å². The molecule has 122 valence electrons. The van der Waals surface area contributed by atoms with Gasteiger partial charge in [0, 0.05) is 29.4 Å². The zero-order valence-corrected chi connectivity index (χ0v) is 14.8. The highest BCUT2D eigenvalue weighted by atomic mass is 32.2. The first-order valence-corrected chi connectivity index (χ1v) is 10.7. The van der Waals surface area contributed by atoms with Gasteiger partial charge < -0.3 is 5.32 Å². The quantitative estimate of drug-likeness (QED) is 0.825. The van der Waals surface area contributed by atoms with Crippen molar-refractivity contribution in [2.24, 2.45) is 0 Å². The maximum Gasteiger partial charge on any atom is 0.0220 e. The van der Waals surface area contributed by atoms with Crippen LogP contribution in [0.2, 0.25) is 0 Å². The van der Waals surface area contributed by atoms with Gasteiger partial charge in [-0.1, -0.05) is 26.2 Å². The van der Waals surface area contributed by atoms with E-state index in [0.717, 1.165) is 29.4 Å². The van der Waals surface area contributed by atoms with Gasteiger partial charge in [-0.3, -0.25) is 4.90 Å². The molecule has 3 rings (SSSR count). The van der Waals surface area contributed by atoms with Gasteiger partial charge in [-0.2, -0.15) is 11.8 Å². The van der Waals surface area contributed by atoms with Crippen LogP contribution in [0.4, 0.5) is 0 Å². The number of thioether (sulfide) groups is 1. The normalized spacial score (nSPS) is 41.1. The Bertz CT molecular complexity index is 308. The molecular formula is C18H34N2S. The van der Waals surface area contributed by atoms with E-state index in [1.807, 2.05) is 0 Å². The Morgan fingerprint density at radius 3 is 2.38 bits per heavy atom. The molecule has 4 atom stereocenters. The molecule has 1 N–H and O–H groups in total. The maximum absolute atomic E-state index is 3.82. The van der Waals surface area contributed by atoms with Crippen LogP contribution in [0, 0.1) is 0 Å². The van der Waals surface area contributed by atoms with Crippen molar-refractivity contribution in [3.63, 3.8) is 0 Å². The summed E-state index contributed by atoms with van der Waals surface area (Å²) in [5.41, 5.74) is 0. The summed E-state index contributed by atoms with van der Waals surface area (Å²) < 4.78 is 0. The van der Waals surface area contributed by atoms with E-state index in [1.54, 1.807) is 0 Å². The van der Waals surface area contributed by atoms with E-state index in [0.29, 0.717) is 0 Å². The van der Waals surface area contributed by atoms with Crippen LogP contribution in [0.1, 0.15) is 71.1 Å². The van der Waals surface area contributed by atoms with E-state index in [1.165, 1.54) is 70.8 Å². The van der Waals surface area contributed by atoms with Crippen LogP contribution in [0.3, 0.4) is 0 Å². The van der Waals surface area contributed by atoms with E-state index >= 15 is 0 Å². The number of nitrogens with zero attached hydrogens (tertiary/aromatic N) is 1. The molecule has 3 fully saturated rings. The van der Waals surface area contributed by atoms with Gasteiger partial charge in [-0.25, -0.2) is 0 Å². The standard InChI is InChI=1S/C18H34N2S/c1-3-11-19-14-12-15-7-6-8-16(13-14)20(15)17-9-4-5-10-18(17)21-2/h14-19H,3-13H2,1-2H3. The topological polar surface area (TPSA) is 15.3 Å². The minimum atomic E-state index is 0.799. The minimum Gasteiger partial charge on any atom is -0.314 e. The van der Waals surface area contributed by atoms with Gasteiger partial charge in [0.05, 0.1) is 0 Å². The average molecular weight is 311 g/mol. The Morgan fingerprint density at radius 1 is 1.00 bits per heavy atom. The molecule has 0 amide bonds. The lowest BCUT2D eigenvalue weighted by molar-refractivity contribution is -0.0196. The summed E-state index contributed by atoms with van der Waals surface area (Å²) in [5.74, 6) is 0. The van der Waals surface area contributed by atoms with Gasteiger partial charge in [0.2, 0.25) is 0 Å². The highest BCUT2D eigenvalue weighted by Crippen LogP contribution is 2.41. The number of fused-ring (bicyclic) bond motifs is 2. The predicted octanol–water partition coefficient (Wildman–Crippen LogP) is 4.05. The van der Waals surface area contributed by atoms with E-state index in [4.69, 9.17) is 0 Å². The van der Waals surface area contributed by atoms with Crippen molar-refractivity contribution in [3.05, 3.63) is 0 Å². The predicted molar refractivity (Wildman–Crippen MR) is 94.1 cm³/mol. The fraction of sp³-hybridized carbons (Fsp3) is 1.00. The SMILES string of the molecule is CCCNC1CC2CCCC(C1)N2C1CCCCC1SC. The van der Waals surface area contributed by atoms with Crippen LogP contribution < -0.4 is 5.32 Å². The molecule has 0 spiro atoms.